The van der Waals surface area contributed by atoms with Gasteiger partial charge in [-0.3, -0.25) is 28.7 Å². The number of nitrogens with one attached hydrogen (secondary N) is 4. The van der Waals surface area contributed by atoms with Crippen LogP contribution in [0.15, 0.2) is 84.9 Å². The average Bonchev–Trinajstić information content (AvgIpc) is 3.72. The van der Waals surface area contributed by atoms with E-state index in [0.29, 0.717) is 56.3 Å². The van der Waals surface area contributed by atoms with Crippen LogP contribution in [0.2, 0.25) is 5.04 Å². The fourth-order valence-electron chi connectivity index (χ4n) is 8.43. The summed E-state index contributed by atoms with van der Waals surface area (Å²) in [6, 6.07) is 24.1. The maximum Gasteiger partial charge on any atom is 0.262 e. The van der Waals surface area contributed by atoms with E-state index in [1.54, 1.807) is 38.1 Å². The van der Waals surface area contributed by atoms with Crippen molar-refractivity contribution in [2.24, 2.45) is 0 Å². The van der Waals surface area contributed by atoms with Gasteiger partial charge in [0, 0.05) is 25.1 Å². The van der Waals surface area contributed by atoms with Crippen LogP contribution in [0.25, 0.3) is 0 Å². The number of benzene rings is 3. The first kappa shape index (κ1) is 47.2. The van der Waals surface area contributed by atoms with Gasteiger partial charge >= 0.3 is 0 Å². The second kappa shape index (κ2) is 19.9. The molecule has 0 unspecified atom stereocenters. The van der Waals surface area contributed by atoms with Gasteiger partial charge in [-0.05, 0) is 79.1 Å². The zero-order valence-corrected chi connectivity index (χ0v) is 38.4. The molecular weight excluding hydrogens is 811 g/mol. The molecular formula is C46H63N5O8SSi. The summed E-state index contributed by atoms with van der Waals surface area (Å²) in [5, 5.41) is 10.6. The average molecular weight is 874 g/mol. The fourth-order valence-corrected chi connectivity index (χ4v) is 13.7. The zero-order valence-electron chi connectivity index (χ0n) is 36.6. The Morgan fingerprint density at radius 3 is 2.05 bits per heavy atom. The highest BCUT2D eigenvalue weighted by atomic mass is 32.2. The first-order valence-corrected chi connectivity index (χ1v) is 25.2. The predicted molar refractivity (Wildman–Crippen MR) is 240 cm³/mol. The van der Waals surface area contributed by atoms with Crippen molar-refractivity contribution in [3.63, 3.8) is 0 Å². The van der Waals surface area contributed by atoms with Crippen LogP contribution < -0.4 is 31.0 Å². The number of hydrogen-bond donors (Lipinski definition) is 4. The van der Waals surface area contributed by atoms with E-state index in [1.807, 2.05) is 43.3 Å². The maximum atomic E-state index is 14.2. The van der Waals surface area contributed by atoms with Crippen LogP contribution in [0.5, 0.6) is 0 Å². The van der Waals surface area contributed by atoms with Crippen molar-refractivity contribution < 1.29 is 36.8 Å². The van der Waals surface area contributed by atoms with E-state index in [4.69, 9.17) is 4.43 Å². The molecule has 2 heterocycles. The van der Waals surface area contributed by atoms with Gasteiger partial charge in [0.05, 0.1) is 6.26 Å². The van der Waals surface area contributed by atoms with Gasteiger partial charge in [0.1, 0.15) is 29.8 Å². The van der Waals surface area contributed by atoms with Gasteiger partial charge in [0.2, 0.25) is 33.7 Å². The molecule has 0 bridgehead atoms. The van der Waals surface area contributed by atoms with Crippen LogP contribution in [0.3, 0.4) is 0 Å². The van der Waals surface area contributed by atoms with Gasteiger partial charge in [-0.15, -0.1) is 0 Å². The molecule has 4 N–H and O–H groups in total. The standard InChI is InChI=1S/C46H63N5O8SSi/c1-8-46(6)44(56)48-38(31-33-26-28-34(29-27-33)50-60(7,57)58)43(55)51-30-18-24-39(51)42(54)47-37(41(53)49-46)23-16-11-17-25-40(52)32(2)59-61(45(3,4)5,35-19-12-9-13-20-35)36-21-14-10-15-22-36/h9-10,12-15,19-22,26-29,32,37-39,50H,8,11,16-18,23-25,30-31H2,1-7H3,(H,47,54)(H,48,56)(H,49,53)/t32-,37-,38-,39+,46-/m0/s1. The summed E-state index contributed by atoms with van der Waals surface area (Å²) in [6.45, 7) is 12.0. The van der Waals surface area contributed by atoms with Crippen LogP contribution >= 0.6 is 0 Å². The summed E-state index contributed by atoms with van der Waals surface area (Å²) < 4.78 is 32.8. The number of amides is 4. The van der Waals surface area contributed by atoms with E-state index < -0.39 is 71.7 Å². The Hall–Kier alpha value is -4.86. The van der Waals surface area contributed by atoms with E-state index >= 15 is 0 Å². The molecule has 2 fully saturated rings. The summed E-state index contributed by atoms with van der Waals surface area (Å²) in [7, 11) is -6.42. The van der Waals surface area contributed by atoms with E-state index in [9.17, 15) is 32.4 Å². The third-order valence-electron chi connectivity index (χ3n) is 12.0. The molecule has 330 valence electrons. The minimum atomic E-state index is -3.49. The highest BCUT2D eigenvalue weighted by Gasteiger charge is 2.51. The van der Waals surface area contributed by atoms with Gasteiger partial charge in [-0.2, -0.15) is 0 Å². The van der Waals surface area contributed by atoms with Crippen LogP contribution in [0.1, 0.15) is 98.5 Å². The predicted octanol–water partition coefficient (Wildman–Crippen LogP) is 4.34. The first-order chi connectivity index (χ1) is 28.8. The van der Waals surface area contributed by atoms with Crippen molar-refractivity contribution in [3.8, 4) is 0 Å². The third kappa shape index (κ3) is 11.5. The number of nitrogens with zero attached hydrogens (tertiary/aromatic N) is 1. The van der Waals surface area contributed by atoms with Gasteiger partial charge in [-0.1, -0.05) is 113 Å². The number of sulfonamides is 1. The molecule has 4 amide bonds. The SMILES string of the molecule is CC[C@]1(C)NC(=O)[C@H](CCCCCC(=O)[C@H](C)O[Si](c2ccccc2)(c2ccccc2)C(C)(C)C)NC(=O)[C@H]2CCCN2C(=O)[C@H](Cc2ccc(NS(C)(=O)=O)cc2)NC1=O. The number of Topliss-reactive ketones (excluding diaryl/α,β-unsaturated/α-hetero) is 1. The normalized spacial score (nSPS) is 22.2. The smallest absolute Gasteiger partial charge is 0.262 e. The fraction of sp³-hybridized carbons (Fsp3) is 0.500. The molecule has 0 radical (unpaired) electrons. The summed E-state index contributed by atoms with van der Waals surface area (Å²) in [6.07, 6.45) is 3.94. The molecule has 0 aliphatic carbocycles. The molecule has 2 aliphatic rings. The van der Waals surface area contributed by atoms with Crippen molar-refractivity contribution in [1.29, 1.82) is 0 Å². The van der Waals surface area contributed by atoms with Crippen LogP contribution in [0, 0.1) is 0 Å². The van der Waals surface area contributed by atoms with E-state index in [-0.39, 0.29) is 30.1 Å². The van der Waals surface area contributed by atoms with Gasteiger partial charge in [-0.25, -0.2) is 8.42 Å². The number of anilines is 1. The molecule has 2 aliphatic heterocycles. The molecule has 15 heteroatoms. The number of rotatable bonds is 16. The van der Waals surface area contributed by atoms with Crippen molar-refractivity contribution in [3.05, 3.63) is 90.5 Å². The molecule has 0 spiro atoms. The number of carbonyl (C=O) groups is 5. The highest BCUT2D eigenvalue weighted by molar-refractivity contribution is 7.92. The monoisotopic (exact) mass is 873 g/mol. The van der Waals surface area contributed by atoms with Crippen LogP contribution in [-0.2, 0) is 44.8 Å². The first-order valence-electron chi connectivity index (χ1n) is 21.4. The van der Waals surface area contributed by atoms with Crippen molar-refractivity contribution in [2.75, 3.05) is 17.5 Å². The van der Waals surface area contributed by atoms with Gasteiger partial charge in [0.25, 0.3) is 8.32 Å². The van der Waals surface area contributed by atoms with E-state index in [0.717, 1.165) is 16.6 Å². The Balaban J connectivity index is 1.25. The largest absolute Gasteiger partial charge is 0.398 e. The second-order valence-electron chi connectivity index (χ2n) is 17.7. The molecule has 0 saturated carbocycles. The van der Waals surface area contributed by atoms with Crippen molar-refractivity contribution in [2.45, 2.75) is 134 Å². The molecule has 13 nitrogen and oxygen atoms in total. The molecule has 3 aromatic rings. The molecule has 5 rings (SSSR count). The lowest BCUT2D eigenvalue weighted by atomic mass is 9.94. The number of ketones is 1. The highest BCUT2D eigenvalue weighted by Crippen LogP contribution is 2.38. The number of carbonyl (C=O) groups excluding carboxylic acids is 5. The molecule has 5 atom stereocenters. The molecule has 3 aromatic carbocycles. The topological polar surface area (TPSA) is 180 Å². The molecule has 2 saturated heterocycles. The summed E-state index contributed by atoms with van der Waals surface area (Å²) in [5.41, 5.74) is -0.387. The quantitative estimate of drug-likeness (QED) is 0.121. The Morgan fingerprint density at radius 2 is 1.49 bits per heavy atom. The maximum absolute atomic E-state index is 14.2. The van der Waals surface area contributed by atoms with E-state index in [2.05, 4.69) is 65.7 Å². The Bertz CT molecular complexity index is 2090. The Labute approximate surface area is 362 Å². The number of fused-ring (bicyclic) bond motifs is 1. The van der Waals surface area contributed by atoms with Crippen LogP contribution in [-0.4, -0.2) is 93.6 Å². The molecule has 0 aromatic heterocycles. The Kier molecular flexibility index (Phi) is 15.4. The summed E-state index contributed by atoms with van der Waals surface area (Å²) in [5.74, 6) is -1.88. The minimum Gasteiger partial charge on any atom is -0.398 e. The zero-order chi connectivity index (χ0) is 44.6. The molecule has 61 heavy (non-hydrogen) atoms. The summed E-state index contributed by atoms with van der Waals surface area (Å²) >= 11 is 0. The number of unbranched alkanes of at least 4 members (excludes halogenated alkanes) is 2. The number of hydrogen-bond acceptors (Lipinski definition) is 8. The van der Waals surface area contributed by atoms with Crippen molar-refractivity contribution in [1.82, 2.24) is 20.9 Å². The lowest BCUT2D eigenvalue weighted by Crippen LogP contribution is -2.68. The third-order valence-corrected chi connectivity index (χ3v) is 17.7. The summed E-state index contributed by atoms with van der Waals surface area (Å²) in [4.78, 5) is 71.2. The lowest BCUT2D eigenvalue weighted by molar-refractivity contribution is -0.144. The second-order valence-corrected chi connectivity index (χ2v) is 23.7. The van der Waals surface area contributed by atoms with E-state index in [1.165, 1.54) is 4.90 Å². The Morgan fingerprint density at radius 1 is 0.885 bits per heavy atom. The van der Waals surface area contributed by atoms with Crippen LogP contribution in [0.4, 0.5) is 5.69 Å². The van der Waals surface area contributed by atoms with Gasteiger partial charge < -0.3 is 25.3 Å². The van der Waals surface area contributed by atoms with Crippen molar-refractivity contribution >= 4 is 63.8 Å². The lowest BCUT2D eigenvalue weighted by Gasteiger charge is -2.44. The minimum absolute atomic E-state index is 0.0000271. The van der Waals surface area contributed by atoms with Gasteiger partial charge in [0.15, 0.2) is 5.78 Å².